The van der Waals surface area contributed by atoms with Gasteiger partial charge in [0.15, 0.2) is 0 Å². The van der Waals surface area contributed by atoms with Crippen molar-refractivity contribution in [2.45, 2.75) is 13.0 Å². The number of hydrogen-bond donors (Lipinski definition) is 2. The highest BCUT2D eigenvalue weighted by Gasteiger charge is 2.13. The van der Waals surface area contributed by atoms with Gasteiger partial charge in [-0.1, -0.05) is 39.7 Å². The zero-order valence-electron chi connectivity index (χ0n) is 10.7. The molecule has 0 fully saturated rings. The molecule has 2 aromatic rings. The second-order valence-electron chi connectivity index (χ2n) is 4.42. The highest BCUT2D eigenvalue weighted by Crippen LogP contribution is 2.26. The summed E-state index contributed by atoms with van der Waals surface area (Å²) in [6, 6.07) is 12.6. The van der Waals surface area contributed by atoms with Crippen LogP contribution in [0.25, 0.3) is 0 Å². The molecular weight excluding hydrogens is 342 g/mol. The summed E-state index contributed by atoms with van der Waals surface area (Å²) >= 11 is 9.26. The predicted octanol–water partition coefficient (Wildman–Crippen LogP) is 4.97. The standard InChI is InChI=1S/C15H13BrClNO2/c1-9(10-3-2-4-11(16)7-10)18-14-6-5-12(17)8-13(14)15(19)20/h2-9,18H,1H3,(H,19,20). The Morgan fingerprint density at radius 3 is 2.70 bits per heavy atom. The third kappa shape index (κ3) is 3.52. The van der Waals surface area contributed by atoms with Gasteiger partial charge in [-0.05, 0) is 42.8 Å². The molecule has 0 aromatic heterocycles. The van der Waals surface area contributed by atoms with Crippen LogP contribution in [0.5, 0.6) is 0 Å². The fraction of sp³-hybridized carbons (Fsp3) is 0.133. The van der Waals surface area contributed by atoms with Crippen molar-refractivity contribution in [3.05, 3.63) is 63.1 Å². The van der Waals surface area contributed by atoms with Crippen LogP contribution in [0.2, 0.25) is 5.02 Å². The van der Waals surface area contributed by atoms with Gasteiger partial charge >= 0.3 is 5.97 Å². The minimum Gasteiger partial charge on any atom is -0.478 e. The zero-order chi connectivity index (χ0) is 14.7. The first-order valence-electron chi connectivity index (χ1n) is 6.02. The smallest absolute Gasteiger partial charge is 0.337 e. The Labute approximate surface area is 130 Å². The van der Waals surface area contributed by atoms with Gasteiger partial charge in [-0.15, -0.1) is 0 Å². The first-order valence-corrected chi connectivity index (χ1v) is 7.19. The molecule has 0 aliphatic heterocycles. The monoisotopic (exact) mass is 353 g/mol. The SMILES string of the molecule is CC(Nc1ccc(Cl)cc1C(=O)O)c1cccc(Br)c1. The van der Waals surface area contributed by atoms with E-state index in [1.54, 1.807) is 12.1 Å². The van der Waals surface area contributed by atoms with Crippen LogP contribution >= 0.6 is 27.5 Å². The van der Waals surface area contributed by atoms with E-state index in [2.05, 4.69) is 21.2 Å². The van der Waals surface area contributed by atoms with Crippen LogP contribution in [0.15, 0.2) is 46.9 Å². The number of carboxylic acid groups (broad SMARTS) is 1. The molecule has 104 valence electrons. The lowest BCUT2D eigenvalue weighted by Gasteiger charge is -2.17. The van der Waals surface area contributed by atoms with Crippen LogP contribution in [-0.4, -0.2) is 11.1 Å². The van der Waals surface area contributed by atoms with E-state index in [0.717, 1.165) is 10.0 Å². The van der Waals surface area contributed by atoms with E-state index < -0.39 is 5.97 Å². The van der Waals surface area contributed by atoms with Gasteiger partial charge in [-0.25, -0.2) is 4.79 Å². The number of nitrogens with one attached hydrogen (secondary N) is 1. The van der Waals surface area contributed by atoms with Gasteiger partial charge in [-0.2, -0.15) is 0 Å². The number of aromatic carboxylic acids is 1. The van der Waals surface area contributed by atoms with Gasteiger partial charge in [0.05, 0.1) is 5.56 Å². The highest BCUT2D eigenvalue weighted by atomic mass is 79.9. The molecule has 0 saturated carbocycles. The zero-order valence-corrected chi connectivity index (χ0v) is 13.1. The van der Waals surface area contributed by atoms with Gasteiger partial charge in [0.2, 0.25) is 0 Å². The number of benzene rings is 2. The number of hydrogen-bond acceptors (Lipinski definition) is 2. The molecule has 20 heavy (non-hydrogen) atoms. The molecule has 2 rings (SSSR count). The van der Waals surface area contributed by atoms with Gasteiger partial charge in [0.1, 0.15) is 0 Å². The van der Waals surface area contributed by atoms with Crippen molar-refractivity contribution >= 4 is 39.2 Å². The van der Waals surface area contributed by atoms with Crippen molar-refractivity contribution in [1.29, 1.82) is 0 Å². The van der Waals surface area contributed by atoms with E-state index in [0.29, 0.717) is 10.7 Å². The minimum absolute atomic E-state index is 0.0215. The molecule has 0 aliphatic carbocycles. The second-order valence-corrected chi connectivity index (χ2v) is 5.77. The summed E-state index contributed by atoms with van der Waals surface area (Å²) < 4.78 is 0.984. The van der Waals surface area contributed by atoms with Gasteiger partial charge < -0.3 is 10.4 Å². The summed E-state index contributed by atoms with van der Waals surface area (Å²) in [6.07, 6.45) is 0. The van der Waals surface area contributed by atoms with E-state index in [1.807, 2.05) is 31.2 Å². The Balaban J connectivity index is 2.28. The first-order chi connectivity index (χ1) is 9.47. The number of halogens is 2. The van der Waals surface area contributed by atoms with E-state index in [9.17, 15) is 9.90 Å². The summed E-state index contributed by atoms with van der Waals surface area (Å²) in [4.78, 5) is 11.2. The van der Waals surface area contributed by atoms with E-state index in [1.165, 1.54) is 6.07 Å². The van der Waals surface area contributed by atoms with E-state index >= 15 is 0 Å². The maximum absolute atomic E-state index is 11.2. The van der Waals surface area contributed by atoms with Crippen LogP contribution in [-0.2, 0) is 0 Å². The number of rotatable bonds is 4. The minimum atomic E-state index is -1.00. The molecule has 5 heteroatoms. The quantitative estimate of drug-likeness (QED) is 0.814. The lowest BCUT2D eigenvalue weighted by molar-refractivity contribution is 0.0698. The molecule has 1 unspecified atom stereocenters. The average molecular weight is 355 g/mol. The topological polar surface area (TPSA) is 49.3 Å². The molecule has 2 N–H and O–H groups in total. The number of anilines is 1. The van der Waals surface area contributed by atoms with Crippen LogP contribution in [0, 0.1) is 0 Å². The highest BCUT2D eigenvalue weighted by molar-refractivity contribution is 9.10. The molecule has 0 aliphatic rings. The van der Waals surface area contributed by atoms with Crippen molar-refractivity contribution in [3.63, 3.8) is 0 Å². The lowest BCUT2D eigenvalue weighted by Crippen LogP contribution is -2.10. The molecular formula is C15H13BrClNO2. The number of carbonyl (C=O) groups is 1. The molecule has 0 heterocycles. The Kier molecular flexibility index (Phi) is 4.68. The lowest BCUT2D eigenvalue weighted by atomic mass is 10.1. The first kappa shape index (κ1) is 14.9. The maximum atomic E-state index is 11.2. The molecule has 3 nitrogen and oxygen atoms in total. The second kappa shape index (κ2) is 6.29. The van der Waals surface area contributed by atoms with Crippen molar-refractivity contribution in [2.75, 3.05) is 5.32 Å². The van der Waals surface area contributed by atoms with Gasteiger partial charge in [0, 0.05) is 21.2 Å². The predicted molar refractivity (Wildman–Crippen MR) is 84.6 cm³/mol. The van der Waals surface area contributed by atoms with E-state index in [4.69, 9.17) is 11.6 Å². The third-order valence-corrected chi connectivity index (χ3v) is 3.66. The average Bonchev–Trinajstić information content (AvgIpc) is 2.40. The molecule has 0 saturated heterocycles. The van der Waals surface area contributed by atoms with Crippen molar-refractivity contribution < 1.29 is 9.90 Å². The largest absolute Gasteiger partial charge is 0.478 e. The van der Waals surface area contributed by atoms with Crippen molar-refractivity contribution in [1.82, 2.24) is 0 Å². The summed E-state index contributed by atoms with van der Waals surface area (Å²) in [5, 5.41) is 12.8. The fourth-order valence-electron chi connectivity index (χ4n) is 1.91. The van der Waals surface area contributed by atoms with Crippen LogP contribution in [0.3, 0.4) is 0 Å². The summed E-state index contributed by atoms with van der Waals surface area (Å²) in [5.41, 5.74) is 1.78. The molecule has 0 bridgehead atoms. The normalized spacial score (nSPS) is 11.9. The molecule has 0 radical (unpaired) electrons. The Morgan fingerprint density at radius 1 is 1.30 bits per heavy atom. The molecule has 2 aromatic carbocycles. The van der Waals surface area contributed by atoms with Gasteiger partial charge in [0.25, 0.3) is 0 Å². The fourth-order valence-corrected chi connectivity index (χ4v) is 2.50. The van der Waals surface area contributed by atoms with Crippen LogP contribution in [0.1, 0.15) is 28.9 Å². The van der Waals surface area contributed by atoms with Gasteiger partial charge in [-0.3, -0.25) is 0 Å². The van der Waals surface area contributed by atoms with Crippen LogP contribution in [0.4, 0.5) is 5.69 Å². The third-order valence-electron chi connectivity index (χ3n) is 2.93. The summed E-state index contributed by atoms with van der Waals surface area (Å²) in [7, 11) is 0. The summed E-state index contributed by atoms with van der Waals surface area (Å²) in [5.74, 6) is -1.00. The molecule has 1 atom stereocenters. The van der Waals surface area contributed by atoms with Crippen LogP contribution < -0.4 is 5.32 Å². The number of carboxylic acids is 1. The Morgan fingerprint density at radius 2 is 2.05 bits per heavy atom. The summed E-state index contributed by atoms with van der Waals surface area (Å²) in [6.45, 7) is 1.97. The molecule has 0 amide bonds. The molecule has 0 spiro atoms. The van der Waals surface area contributed by atoms with Crippen molar-refractivity contribution in [3.8, 4) is 0 Å². The Hall–Kier alpha value is -1.52. The maximum Gasteiger partial charge on any atom is 0.337 e. The Bertz CT molecular complexity index is 646. The van der Waals surface area contributed by atoms with E-state index in [-0.39, 0.29) is 11.6 Å². The van der Waals surface area contributed by atoms with Crippen molar-refractivity contribution in [2.24, 2.45) is 0 Å².